The van der Waals surface area contributed by atoms with E-state index >= 15 is 0 Å². The number of piperidine rings is 1. The minimum absolute atomic E-state index is 0.432. The molecule has 3 heterocycles. The van der Waals surface area contributed by atoms with E-state index in [0.29, 0.717) is 25.2 Å². The van der Waals surface area contributed by atoms with E-state index in [4.69, 9.17) is 14.1 Å². The molecule has 0 spiro atoms. The molecule has 2 atom stereocenters. The van der Waals surface area contributed by atoms with Crippen molar-refractivity contribution in [3.05, 3.63) is 42.9 Å². The van der Waals surface area contributed by atoms with Crippen molar-refractivity contribution in [3.63, 3.8) is 0 Å². The Morgan fingerprint density at radius 3 is 3.15 bits per heavy atom. The average Bonchev–Trinajstić information content (AvgIpc) is 3.38. The fourth-order valence-corrected chi connectivity index (χ4v) is 3.44. The van der Waals surface area contributed by atoms with Crippen LogP contribution in [0, 0.1) is 5.92 Å². The van der Waals surface area contributed by atoms with Gasteiger partial charge in [0.1, 0.15) is 12.4 Å². The number of aromatic nitrogens is 2. The zero-order valence-corrected chi connectivity index (χ0v) is 16.4. The molecule has 27 heavy (non-hydrogen) atoms. The third-order valence-corrected chi connectivity index (χ3v) is 4.99. The molecule has 1 fully saturated rings. The van der Waals surface area contributed by atoms with Crippen LogP contribution in [-0.4, -0.2) is 53.2 Å². The van der Waals surface area contributed by atoms with Crippen LogP contribution in [0.5, 0.6) is 0 Å². The van der Waals surface area contributed by atoms with Gasteiger partial charge in [0.15, 0.2) is 5.96 Å². The Morgan fingerprint density at radius 2 is 2.41 bits per heavy atom. The number of hydrogen-bond donors (Lipinski definition) is 1. The molecule has 0 amide bonds. The molecule has 3 rings (SSSR count). The van der Waals surface area contributed by atoms with E-state index in [1.165, 1.54) is 0 Å². The zero-order valence-electron chi connectivity index (χ0n) is 16.4. The number of rotatable bonds is 8. The number of ether oxygens (including phenoxy) is 1. The van der Waals surface area contributed by atoms with Gasteiger partial charge in [-0.1, -0.05) is 6.92 Å². The van der Waals surface area contributed by atoms with Gasteiger partial charge in [-0.25, -0.2) is 4.98 Å². The Hall–Kier alpha value is -2.28. The van der Waals surface area contributed by atoms with E-state index in [-0.39, 0.29) is 0 Å². The highest BCUT2D eigenvalue weighted by Crippen LogP contribution is 2.27. The SMILES string of the molecule is CCNC(=NCCCOCc1ccco1)N1CCC(C)C(n2ccnc2)C1. The highest BCUT2D eigenvalue weighted by molar-refractivity contribution is 5.80. The minimum atomic E-state index is 0.432. The highest BCUT2D eigenvalue weighted by atomic mass is 16.5. The summed E-state index contributed by atoms with van der Waals surface area (Å²) < 4.78 is 13.1. The van der Waals surface area contributed by atoms with Gasteiger partial charge >= 0.3 is 0 Å². The van der Waals surface area contributed by atoms with Crippen LogP contribution in [-0.2, 0) is 11.3 Å². The lowest BCUT2D eigenvalue weighted by atomic mass is 9.93. The molecule has 7 heteroatoms. The van der Waals surface area contributed by atoms with Crippen LogP contribution in [0.15, 0.2) is 46.5 Å². The smallest absolute Gasteiger partial charge is 0.193 e. The van der Waals surface area contributed by atoms with E-state index < -0.39 is 0 Å². The Morgan fingerprint density at radius 1 is 1.48 bits per heavy atom. The number of furan rings is 1. The Bertz CT molecular complexity index is 669. The first-order chi connectivity index (χ1) is 13.3. The number of aliphatic imine (C=N–C) groups is 1. The lowest BCUT2D eigenvalue weighted by Crippen LogP contribution is -2.49. The van der Waals surface area contributed by atoms with Crippen molar-refractivity contribution in [2.24, 2.45) is 10.9 Å². The summed E-state index contributed by atoms with van der Waals surface area (Å²) in [6.45, 7) is 9.25. The average molecular weight is 374 g/mol. The van der Waals surface area contributed by atoms with E-state index in [9.17, 15) is 0 Å². The molecule has 0 aromatic carbocycles. The molecule has 0 radical (unpaired) electrons. The van der Waals surface area contributed by atoms with Gasteiger partial charge in [-0.2, -0.15) is 0 Å². The maximum absolute atomic E-state index is 5.64. The van der Waals surface area contributed by atoms with Crippen LogP contribution in [0.4, 0.5) is 0 Å². The second-order valence-corrected chi connectivity index (χ2v) is 7.01. The molecule has 1 saturated heterocycles. The predicted octanol–water partition coefficient (Wildman–Crippen LogP) is 2.93. The van der Waals surface area contributed by atoms with Crippen molar-refractivity contribution in [2.75, 3.05) is 32.8 Å². The van der Waals surface area contributed by atoms with Crippen molar-refractivity contribution in [1.82, 2.24) is 19.8 Å². The van der Waals surface area contributed by atoms with E-state index in [2.05, 4.69) is 39.8 Å². The van der Waals surface area contributed by atoms with Crippen molar-refractivity contribution < 1.29 is 9.15 Å². The van der Waals surface area contributed by atoms with Gasteiger partial charge < -0.3 is 23.9 Å². The zero-order chi connectivity index (χ0) is 18.9. The van der Waals surface area contributed by atoms with Crippen LogP contribution in [0.1, 0.15) is 38.5 Å². The normalized spacial score (nSPS) is 20.8. The molecule has 2 unspecified atom stereocenters. The number of imidazole rings is 1. The summed E-state index contributed by atoms with van der Waals surface area (Å²) in [5.41, 5.74) is 0. The van der Waals surface area contributed by atoms with Gasteiger partial charge in [0.05, 0.1) is 18.6 Å². The van der Waals surface area contributed by atoms with Gasteiger partial charge in [0.25, 0.3) is 0 Å². The van der Waals surface area contributed by atoms with E-state index in [1.807, 2.05) is 24.7 Å². The van der Waals surface area contributed by atoms with Gasteiger partial charge in [-0.15, -0.1) is 0 Å². The van der Waals surface area contributed by atoms with Crippen LogP contribution in [0.2, 0.25) is 0 Å². The predicted molar refractivity (Wildman–Crippen MR) is 106 cm³/mol. The van der Waals surface area contributed by atoms with Crippen LogP contribution in [0.25, 0.3) is 0 Å². The lowest BCUT2D eigenvalue weighted by molar-refractivity contribution is 0.105. The Balaban J connectivity index is 1.48. The number of nitrogens with zero attached hydrogens (tertiary/aromatic N) is 4. The first-order valence-electron chi connectivity index (χ1n) is 9.88. The number of hydrogen-bond acceptors (Lipinski definition) is 4. The molecule has 2 aromatic heterocycles. The molecule has 1 aliphatic heterocycles. The topological polar surface area (TPSA) is 67.8 Å². The molecule has 1 N–H and O–H groups in total. The van der Waals surface area contributed by atoms with E-state index in [1.54, 1.807) is 6.26 Å². The Labute approximate surface area is 161 Å². The van der Waals surface area contributed by atoms with Gasteiger partial charge in [-0.3, -0.25) is 4.99 Å². The van der Waals surface area contributed by atoms with Crippen LogP contribution >= 0.6 is 0 Å². The van der Waals surface area contributed by atoms with Crippen molar-refractivity contribution in [1.29, 1.82) is 0 Å². The van der Waals surface area contributed by atoms with Crippen molar-refractivity contribution in [2.45, 2.75) is 39.3 Å². The summed E-state index contributed by atoms with van der Waals surface area (Å²) in [7, 11) is 0. The van der Waals surface area contributed by atoms with Crippen LogP contribution < -0.4 is 5.32 Å². The number of likely N-dealkylation sites (tertiary alicyclic amines) is 1. The fourth-order valence-electron chi connectivity index (χ4n) is 3.44. The molecule has 0 saturated carbocycles. The van der Waals surface area contributed by atoms with Gasteiger partial charge in [-0.05, 0) is 37.8 Å². The molecule has 0 bridgehead atoms. The van der Waals surface area contributed by atoms with Crippen LogP contribution in [0.3, 0.4) is 0 Å². The summed E-state index contributed by atoms with van der Waals surface area (Å²) in [4.78, 5) is 11.4. The highest BCUT2D eigenvalue weighted by Gasteiger charge is 2.28. The second kappa shape index (κ2) is 10.2. The lowest BCUT2D eigenvalue weighted by Gasteiger charge is -2.39. The number of nitrogens with one attached hydrogen (secondary N) is 1. The third-order valence-electron chi connectivity index (χ3n) is 4.99. The van der Waals surface area contributed by atoms with E-state index in [0.717, 1.165) is 50.7 Å². The van der Waals surface area contributed by atoms with Crippen molar-refractivity contribution in [3.8, 4) is 0 Å². The van der Waals surface area contributed by atoms with Crippen molar-refractivity contribution >= 4 is 5.96 Å². The van der Waals surface area contributed by atoms with Gasteiger partial charge in [0.2, 0.25) is 0 Å². The second-order valence-electron chi connectivity index (χ2n) is 7.01. The first-order valence-corrected chi connectivity index (χ1v) is 9.88. The summed E-state index contributed by atoms with van der Waals surface area (Å²) in [5.74, 6) is 2.49. The molecular weight excluding hydrogens is 342 g/mol. The summed E-state index contributed by atoms with van der Waals surface area (Å²) in [6.07, 6.45) is 9.55. The molecular formula is C20H31N5O2. The Kier molecular flexibility index (Phi) is 7.33. The van der Waals surface area contributed by atoms with Gasteiger partial charge in [0, 0.05) is 45.2 Å². The number of guanidine groups is 1. The third kappa shape index (κ3) is 5.60. The maximum Gasteiger partial charge on any atom is 0.193 e. The fraction of sp³-hybridized carbons (Fsp3) is 0.600. The summed E-state index contributed by atoms with van der Waals surface area (Å²) in [6, 6.07) is 4.24. The molecule has 0 aliphatic carbocycles. The molecule has 7 nitrogen and oxygen atoms in total. The molecule has 1 aliphatic rings. The maximum atomic E-state index is 5.64. The summed E-state index contributed by atoms with van der Waals surface area (Å²) >= 11 is 0. The monoisotopic (exact) mass is 373 g/mol. The summed E-state index contributed by atoms with van der Waals surface area (Å²) in [5, 5.41) is 3.44. The quantitative estimate of drug-likeness (QED) is 0.438. The largest absolute Gasteiger partial charge is 0.467 e. The molecule has 148 valence electrons. The molecule has 2 aromatic rings. The first kappa shape index (κ1) is 19.5. The minimum Gasteiger partial charge on any atom is -0.467 e. The standard InChI is InChI=1S/C20H31N5O2/c1-3-22-20(23-8-5-12-26-15-18-6-4-13-27-18)24-10-7-17(2)19(14-24)25-11-9-21-16-25/h4,6,9,11,13,16-17,19H,3,5,7-8,10,12,14-15H2,1-2H3,(H,22,23).